The van der Waals surface area contributed by atoms with Gasteiger partial charge in [-0.3, -0.25) is 0 Å². The molecule has 0 N–H and O–H groups in total. The molecule has 0 aromatic carbocycles. The standard InChI is InChI=1S/C4H3BrN4O/c1-9-4(6-2-10)3(5)7-8-9/h1H3. The number of aliphatic imine (C=N–C) groups is 1. The molecule has 0 aliphatic heterocycles. The van der Waals surface area contributed by atoms with Gasteiger partial charge in [-0.2, -0.15) is 0 Å². The second-order valence-corrected chi connectivity index (χ2v) is 2.28. The van der Waals surface area contributed by atoms with E-state index in [1.54, 1.807) is 7.05 Å². The number of halogens is 1. The summed E-state index contributed by atoms with van der Waals surface area (Å²) >= 11 is 3.05. The summed E-state index contributed by atoms with van der Waals surface area (Å²) < 4.78 is 1.81. The molecule has 52 valence electrons. The number of aryl methyl sites for hydroxylation is 1. The molecule has 1 aromatic heterocycles. The molecule has 1 rings (SSSR count). The summed E-state index contributed by atoms with van der Waals surface area (Å²) in [4.78, 5) is 13.1. The van der Waals surface area contributed by atoms with Crippen molar-refractivity contribution in [2.24, 2.45) is 12.0 Å². The van der Waals surface area contributed by atoms with Crippen LogP contribution >= 0.6 is 15.9 Å². The van der Waals surface area contributed by atoms with Crippen LogP contribution in [0.5, 0.6) is 0 Å². The van der Waals surface area contributed by atoms with Gasteiger partial charge in [0, 0.05) is 7.05 Å². The van der Waals surface area contributed by atoms with Gasteiger partial charge < -0.3 is 0 Å². The summed E-state index contributed by atoms with van der Waals surface area (Å²) in [6, 6.07) is 0. The second-order valence-electron chi connectivity index (χ2n) is 1.53. The molecule has 0 spiro atoms. The first-order valence-electron chi connectivity index (χ1n) is 2.38. The third-order valence-corrected chi connectivity index (χ3v) is 1.42. The molecule has 0 aliphatic carbocycles. The van der Waals surface area contributed by atoms with Crippen LogP contribution in [0.4, 0.5) is 5.82 Å². The number of hydrogen-bond donors (Lipinski definition) is 0. The maximum atomic E-state index is 9.80. The Labute approximate surface area is 64.9 Å². The monoisotopic (exact) mass is 202 g/mol. The fourth-order valence-corrected chi connectivity index (χ4v) is 0.905. The highest BCUT2D eigenvalue weighted by atomic mass is 79.9. The van der Waals surface area contributed by atoms with Gasteiger partial charge >= 0.3 is 0 Å². The summed E-state index contributed by atoms with van der Waals surface area (Å²) in [7, 11) is 1.63. The first kappa shape index (κ1) is 7.11. The second kappa shape index (κ2) is 2.72. The van der Waals surface area contributed by atoms with Gasteiger partial charge in [0.25, 0.3) is 0 Å². The molecule has 1 heterocycles. The molecule has 1 aromatic rings. The summed E-state index contributed by atoms with van der Waals surface area (Å²) in [5.41, 5.74) is 0. The molecule has 0 saturated carbocycles. The zero-order chi connectivity index (χ0) is 7.56. The van der Waals surface area contributed by atoms with E-state index < -0.39 is 0 Å². The predicted octanol–water partition coefficient (Wildman–Crippen LogP) is 0.545. The van der Waals surface area contributed by atoms with Crippen LogP contribution in [0, 0.1) is 0 Å². The Hall–Kier alpha value is -1.00. The molecule has 6 heteroatoms. The van der Waals surface area contributed by atoms with Gasteiger partial charge in [-0.1, -0.05) is 5.21 Å². The lowest BCUT2D eigenvalue weighted by molar-refractivity contribution is 0.564. The Morgan fingerprint density at radius 3 is 2.90 bits per heavy atom. The molecule has 10 heavy (non-hydrogen) atoms. The van der Waals surface area contributed by atoms with E-state index >= 15 is 0 Å². The van der Waals surface area contributed by atoms with Crippen molar-refractivity contribution < 1.29 is 4.79 Å². The van der Waals surface area contributed by atoms with Crippen molar-refractivity contribution in [3.8, 4) is 0 Å². The highest BCUT2D eigenvalue weighted by Crippen LogP contribution is 2.19. The molecule has 5 nitrogen and oxygen atoms in total. The van der Waals surface area contributed by atoms with Crippen LogP contribution in [0.25, 0.3) is 0 Å². The number of hydrogen-bond acceptors (Lipinski definition) is 4. The maximum Gasteiger partial charge on any atom is 0.242 e. The number of nitrogens with zero attached hydrogens (tertiary/aromatic N) is 4. The molecule has 0 unspecified atom stereocenters. The highest BCUT2D eigenvalue weighted by molar-refractivity contribution is 9.10. The van der Waals surface area contributed by atoms with Gasteiger partial charge in [-0.25, -0.2) is 9.48 Å². The molecule has 0 fully saturated rings. The van der Waals surface area contributed by atoms with Crippen molar-refractivity contribution in [3.05, 3.63) is 4.60 Å². The van der Waals surface area contributed by atoms with E-state index in [9.17, 15) is 4.79 Å². The zero-order valence-electron chi connectivity index (χ0n) is 5.08. The van der Waals surface area contributed by atoms with Crippen molar-refractivity contribution in [1.29, 1.82) is 0 Å². The fraction of sp³-hybridized carbons (Fsp3) is 0.250. The van der Waals surface area contributed by atoms with Crippen LogP contribution in [-0.4, -0.2) is 21.1 Å². The summed E-state index contributed by atoms with van der Waals surface area (Å²) in [5.74, 6) is 0.370. The summed E-state index contributed by atoms with van der Waals surface area (Å²) in [6.45, 7) is 0. The van der Waals surface area contributed by atoms with Crippen molar-refractivity contribution >= 4 is 27.8 Å². The molecule has 0 aliphatic rings. The molecular formula is C4H3BrN4O. The molecule has 0 saturated heterocycles. The lowest BCUT2D eigenvalue weighted by Crippen LogP contribution is -1.88. The van der Waals surface area contributed by atoms with Crippen LogP contribution < -0.4 is 0 Å². The third kappa shape index (κ3) is 1.12. The minimum absolute atomic E-state index is 0.370. The highest BCUT2D eigenvalue weighted by Gasteiger charge is 2.04. The van der Waals surface area contributed by atoms with E-state index in [1.165, 1.54) is 10.8 Å². The van der Waals surface area contributed by atoms with E-state index in [-0.39, 0.29) is 0 Å². The van der Waals surface area contributed by atoms with E-state index in [0.717, 1.165) is 0 Å². The number of isocyanates is 1. The first-order chi connectivity index (χ1) is 4.75. The minimum atomic E-state index is 0.370. The number of carbonyl (C=O) groups excluding carboxylic acids is 1. The topological polar surface area (TPSA) is 60.1 Å². The van der Waals surface area contributed by atoms with Gasteiger partial charge in [0.15, 0.2) is 10.4 Å². The maximum absolute atomic E-state index is 9.80. The van der Waals surface area contributed by atoms with Gasteiger partial charge in [-0.05, 0) is 15.9 Å². The van der Waals surface area contributed by atoms with E-state index in [0.29, 0.717) is 10.4 Å². The Kier molecular flexibility index (Phi) is 1.94. The van der Waals surface area contributed by atoms with Gasteiger partial charge in [-0.15, -0.1) is 10.1 Å². The van der Waals surface area contributed by atoms with Crippen molar-refractivity contribution in [1.82, 2.24) is 15.0 Å². The zero-order valence-corrected chi connectivity index (χ0v) is 6.66. The summed E-state index contributed by atoms with van der Waals surface area (Å²) in [6.07, 6.45) is 1.40. The molecule has 0 amide bonds. The van der Waals surface area contributed by atoms with Gasteiger partial charge in [0.1, 0.15) is 0 Å². The SMILES string of the molecule is Cn1nnc(Br)c1N=C=O. The minimum Gasteiger partial charge on any atom is -0.229 e. The lowest BCUT2D eigenvalue weighted by atomic mass is 10.7. The van der Waals surface area contributed by atoms with Crippen LogP contribution in [0.1, 0.15) is 0 Å². The van der Waals surface area contributed by atoms with E-state index in [4.69, 9.17) is 0 Å². The average molecular weight is 203 g/mol. The van der Waals surface area contributed by atoms with Crippen LogP contribution in [0.15, 0.2) is 9.60 Å². The summed E-state index contributed by atoms with van der Waals surface area (Å²) in [5, 5.41) is 7.17. The Bertz CT molecular complexity index is 268. The molecule has 0 atom stereocenters. The van der Waals surface area contributed by atoms with Crippen LogP contribution in [0.3, 0.4) is 0 Å². The third-order valence-electron chi connectivity index (χ3n) is 0.909. The molecular weight excluding hydrogens is 200 g/mol. The smallest absolute Gasteiger partial charge is 0.229 e. The van der Waals surface area contributed by atoms with Crippen molar-refractivity contribution in [2.45, 2.75) is 0 Å². The van der Waals surface area contributed by atoms with Crippen LogP contribution in [0.2, 0.25) is 0 Å². The van der Waals surface area contributed by atoms with Crippen LogP contribution in [-0.2, 0) is 11.8 Å². The van der Waals surface area contributed by atoms with Gasteiger partial charge in [0.05, 0.1) is 0 Å². The lowest BCUT2D eigenvalue weighted by Gasteiger charge is -1.86. The predicted molar refractivity (Wildman–Crippen MR) is 36.5 cm³/mol. The average Bonchev–Trinajstić information content (AvgIpc) is 2.20. The molecule has 0 bridgehead atoms. The fourth-order valence-electron chi connectivity index (χ4n) is 0.489. The van der Waals surface area contributed by atoms with Gasteiger partial charge in [0.2, 0.25) is 6.08 Å². The first-order valence-corrected chi connectivity index (χ1v) is 3.18. The van der Waals surface area contributed by atoms with E-state index in [2.05, 4.69) is 31.2 Å². The molecule has 0 radical (unpaired) electrons. The van der Waals surface area contributed by atoms with E-state index in [1.807, 2.05) is 0 Å². The number of rotatable bonds is 1. The Morgan fingerprint density at radius 2 is 2.50 bits per heavy atom. The largest absolute Gasteiger partial charge is 0.242 e. The van der Waals surface area contributed by atoms with Crippen molar-refractivity contribution in [3.63, 3.8) is 0 Å². The number of aromatic nitrogens is 3. The quantitative estimate of drug-likeness (QED) is 0.494. The Morgan fingerprint density at radius 1 is 1.80 bits per heavy atom. The Balaban J connectivity index is 3.22. The normalized spacial score (nSPS) is 9.00. The van der Waals surface area contributed by atoms with Crippen molar-refractivity contribution in [2.75, 3.05) is 0 Å².